The zero-order chi connectivity index (χ0) is 19.3. The van der Waals surface area contributed by atoms with Gasteiger partial charge in [-0.15, -0.1) is 0 Å². The van der Waals surface area contributed by atoms with Crippen molar-refractivity contribution < 1.29 is 18.0 Å². The van der Waals surface area contributed by atoms with Crippen LogP contribution in [0.4, 0.5) is 18.9 Å². The molecular weight excluding hydrogens is 365 g/mol. The van der Waals surface area contributed by atoms with Gasteiger partial charge in [0.1, 0.15) is 0 Å². The van der Waals surface area contributed by atoms with E-state index in [9.17, 15) is 18.0 Å². The first kappa shape index (κ1) is 20.3. The van der Waals surface area contributed by atoms with Gasteiger partial charge in [-0.2, -0.15) is 13.2 Å². The normalized spacial score (nSPS) is 12.9. The molecule has 0 bridgehead atoms. The van der Waals surface area contributed by atoms with Crippen molar-refractivity contribution in [2.24, 2.45) is 5.92 Å². The molecular formula is C19H20ClF3N2O. The number of amides is 1. The number of nitrogens with one attached hydrogen (secondary N) is 2. The average Bonchev–Trinajstić information content (AvgIpc) is 2.56. The molecule has 0 saturated carbocycles. The Morgan fingerprint density at radius 2 is 1.69 bits per heavy atom. The van der Waals surface area contributed by atoms with Gasteiger partial charge in [0.2, 0.25) is 5.91 Å². The van der Waals surface area contributed by atoms with Crippen LogP contribution >= 0.6 is 11.6 Å². The Labute approximate surface area is 155 Å². The molecule has 0 radical (unpaired) electrons. The molecule has 0 heterocycles. The van der Waals surface area contributed by atoms with Gasteiger partial charge in [0, 0.05) is 11.1 Å². The molecule has 0 aliphatic carbocycles. The Morgan fingerprint density at radius 1 is 1.08 bits per heavy atom. The summed E-state index contributed by atoms with van der Waals surface area (Å²) in [5.74, 6) is -0.368. The second kappa shape index (κ2) is 8.56. The molecule has 2 N–H and O–H groups in total. The highest BCUT2D eigenvalue weighted by Crippen LogP contribution is 2.34. The lowest BCUT2D eigenvalue weighted by molar-refractivity contribution is -0.137. The molecule has 0 saturated heterocycles. The van der Waals surface area contributed by atoms with Crippen LogP contribution in [-0.2, 0) is 11.0 Å². The van der Waals surface area contributed by atoms with Gasteiger partial charge in [0.15, 0.2) is 0 Å². The Hall–Kier alpha value is -2.05. The summed E-state index contributed by atoms with van der Waals surface area (Å²) in [6.07, 6.45) is -4.53. The quantitative estimate of drug-likeness (QED) is 0.711. The standard InChI is InChI=1S/C19H20ClF3N2O/c1-12(2)18(13-7-9-14(20)10-8-13)24-11-17(26)25-16-6-4-3-5-15(16)19(21,22)23/h3-10,12,18,24H,11H2,1-2H3,(H,25,26). The number of carbonyl (C=O) groups excluding carboxylic acids is 1. The molecule has 3 nitrogen and oxygen atoms in total. The summed E-state index contributed by atoms with van der Waals surface area (Å²) in [7, 11) is 0. The fourth-order valence-corrected chi connectivity index (χ4v) is 2.77. The van der Waals surface area contributed by atoms with E-state index in [0.29, 0.717) is 5.02 Å². The highest BCUT2D eigenvalue weighted by atomic mass is 35.5. The number of hydrogen-bond acceptors (Lipinski definition) is 2. The van der Waals surface area contributed by atoms with E-state index in [2.05, 4.69) is 10.6 Å². The number of para-hydroxylation sites is 1. The van der Waals surface area contributed by atoms with Crippen LogP contribution in [0.3, 0.4) is 0 Å². The van der Waals surface area contributed by atoms with Crippen LogP contribution in [0.25, 0.3) is 0 Å². The number of carbonyl (C=O) groups is 1. The molecule has 0 fully saturated rings. The highest BCUT2D eigenvalue weighted by Gasteiger charge is 2.33. The van der Waals surface area contributed by atoms with Crippen molar-refractivity contribution in [2.75, 3.05) is 11.9 Å². The van der Waals surface area contributed by atoms with Gasteiger partial charge in [0.25, 0.3) is 0 Å². The van der Waals surface area contributed by atoms with E-state index in [1.54, 1.807) is 12.1 Å². The van der Waals surface area contributed by atoms with Crippen LogP contribution < -0.4 is 10.6 Å². The van der Waals surface area contributed by atoms with E-state index in [-0.39, 0.29) is 24.2 Å². The van der Waals surface area contributed by atoms with Crippen molar-refractivity contribution in [3.05, 3.63) is 64.7 Å². The second-order valence-corrected chi connectivity index (χ2v) is 6.68. The molecule has 2 aromatic rings. The zero-order valence-corrected chi connectivity index (χ0v) is 15.2. The SMILES string of the molecule is CC(C)C(NCC(=O)Nc1ccccc1C(F)(F)F)c1ccc(Cl)cc1. The topological polar surface area (TPSA) is 41.1 Å². The predicted molar refractivity (Wildman–Crippen MR) is 97.1 cm³/mol. The minimum absolute atomic E-state index is 0.113. The van der Waals surface area contributed by atoms with Crippen LogP contribution in [-0.4, -0.2) is 12.5 Å². The minimum Gasteiger partial charge on any atom is -0.324 e. The number of halogens is 4. The van der Waals surface area contributed by atoms with E-state index < -0.39 is 17.6 Å². The Bertz CT molecular complexity index is 745. The molecule has 0 aromatic heterocycles. The van der Waals surface area contributed by atoms with Crippen molar-refractivity contribution in [3.63, 3.8) is 0 Å². The van der Waals surface area contributed by atoms with Crippen LogP contribution in [0.15, 0.2) is 48.5 Å². The summed E-state index contributed by atoms with van der Waals surface area (Å²) in [4.78, 5) is 12.1. The van der Waals surface area contributed by atoms with Crippen LogP contribution in [0.2, 0.25) is 5.02 Å². The lowest BCUT2D eigenvalue weighted by Gasteiger charge is -2.23. The fourth-order valence-electron chi connectivity index (χ4n) is 2.64. The van der Waals surface area contributed by atoms with E-state index >= 15 is 0 Å². The Kier molecular flexibility index (Phi) is 6.67. The summed E-state index contributed by atoms with van der Waals surface area (Å²) >= 11 is 5.89. The van der Waals surface area contributed by atoms with Gasteiger partial charge < -0.3 is 10.6 Å². The lowest BCUT2D eigenvalue weighted by atomic mass is 9.96. The van der Waals surface area contributed by atoms with Crippen molar-refractivity contribution >= 4 is 23.2 Å². The molecule has 0 aliphatic rings. The van der Waals surface area contributed by atoms with Gasteiger partial charge in [-0.05, 0) is 35.7 Å². The third kappa shape index (κ3) is 5.47. The summed E-state index contributed by atoms with van der Waals surface area (Å²) in [5, 5.41) is 6.04. The van der Waals surface area contributed by atoms with Crippen LogP contribution in [0, 0.1) is 5.92 Å². The molecule has 2 aromatic carbocycles. The molecule has 26 heavy (non-hydrogen) atoms. The van der Waals surface area contributed by atoms with Crippen molar-refractivity contribution in [1.29, 1.82) is 0 Å². The molecule has 0 spiro atoms. The lowest BCUT2D eigenvalue weighted by Crippen LogP contribution is -2.34. The molecule has 0 aliphatic heterocycles. The van der Waals surface area contributed by atoms with Gasteiger partial charge in [-0.25, -0.2) is 0 Å². The van der Waals surface area contributed by atoms with Crippen molar-refractivity contribution in [3.8, 4) is 0 Å². The summed E-state index contributed by atoms with van der Waals surface area (Å²) in [5.41, 5.74) is -0.168. The third-order valence-electron chi connectivity index (χ3n) is 3.88. The van der Waals surface area contributed by atoms with Crippen LogP contribution in [0.5, 0.6) is 0 Å². The molecule has 1 atom stereocenters. The van der Waals surface area contributed by atoms with Crippen molar-refractivity contribution in [1.82, 2.24) is 5.32 Å². The maximum atomic E-state index is 13.0. The third-order valence-corrected chi connectivity index (χ3v) is 4.14. The zero-order valence-electron chi connectivity index (χ0n) is 14.4. The van der Waals surface area contributed by atoms with Gasteiger partial charge in [-0.3, -0.25) is 4.79 Å². The van der Waals surface area contributed by atoms with E-state index in [4.69, 9.17) is 11.6 Å². The number of anilines is 1. The summed E-state index contributed by atoms with van der Waals surface area (Å²) in [6.45, 7) is 3.87. The maximum absolute atomic E-state index is 13.0. The monoisotopic (exact) mass is 384 g/mol. The number of hydrogen-bond donors (Lipinski definition) is 2. The minimum atomic E-state index is -4.53. The average molecular weight is 385 g/mol. The van der Waals surface area contributed by atoms with E-state index in [0.717, 1.165) is 11.6 Å². The highest BCUT2D eigenvalue weighted by molar-refractivity contribution is 6.30. The molecule has 2 rings (SSSR count). The van der Waals surface area contributed by atoms with Gasteiger partial charge >= 0.3 is 6.18 Å². The molecule has 7 heteroatoms. The van der Waals surface area contributed by atoms with Crippen molar-refractivity contribution in [2.45, 2.75) is 26.1 Å². The first-order valence-corrected chi connectivity index (χ1v) is 8.51. The first-order valence-electron chi connectivity index (χ1n) is 8.13. The van der Waals surface area contributed by atoms with E-state index in [1.807, 2.05) is 26.0 Å². The maximum Gasteiger partial charge on any atom is 0.418 e. The Balaban J connectivity index is 2.05. The molecule has 1 amide bonds. The number of alkyl halides is 3. The Morgan fingerprint density at radius 3 is 2.27 bits per heavy atom. The van der Waals surface area contributed by atoms with E-state index in [1.165, 1.54) is 18.2 Å². The van der Waals surface area contributed by atoms with Gasteiger partial charge in [-0.1, -0.05) is 49.7 Å². The van der Waals surface area contributed by atoms with Gasteiger partial charge in [0.05, 0.1) is 17.8 Å². The summed E-state index contributed by atoms with van der Waals surface area (Å²) in [6, 6.07) is 12.0. The number of benzene rings is 2. The smallest absolute Gasteiger partial charge is 0.324 e. The number of rotatable bonds is 6. The van der Waals surface area contributed by atoms with Crippen LogP contribution in [0.1, 0.15) is 31.0 Å². The first-order chi connectivity index (χ1) is 12.2. The largest absolute Gasteiger partial charge is 0.418 e. The predicted octanol–water partition coefficient (Wildman–Crippen LogP) is 5.28. The molecule has 1 unspecified atom stereocenters. The fraction of sp³-hybridized carbons (Fsp3) is 0.316. The summed E-state index contributed by atoms with van der Waals surface area (Å²) < 4.78 is 39.0. The molecule has 140 valence electrons. The second-order valence-electron chi connectivity index (χ2n) is 6.25.